The highest BCUT2D eigenvalue weighted by atomic mass is 16.6. The molecule has 1 spiro atoms. The van der Waals surface area contributed by atoms with Crippen molar-refractivity contribution in [3.63, 3.8) is 0 Å². The van der Waals surface area contributed by atoms with Crippen LogP contribution in [-0.4, -0.2) is 16.2 Å². The van der Waals surface area contributed by atoms with Crippen LogP contribution < -0.4 is 4.74 Å². The van der Waals surface area contributed by atoms with E-state index in [1.165, 1.54) is 0 Å². The highest BCUT2D eigenvalue weighted by Gasteiger charge is 2.55. The highest BCUT2D eigenvalue weighted by molar-refractivity contribution is 5.97. The zero-order valence-electron chi connectivity index (χ0n) is 16.2. The van der Waals surface area contributed by atoms with Crippen molar-refractivity contribution in [3.8, 4) is 23.0 Å². The number of fused-ring (bicyclic) bond motifs is 8. The molecule has 5 nitrogen and oxygen atoms in total. The Bertz CT molecular complexity index is 1300. The third-order valence-electron chi connectivity index (χ3n) is 6.35. The molecular weight excluding hydrogens is 380 g/mol. The summed E-state index contributed by atoms with van der Waals surface area (Å²) >= 11 is 0. The molecule has 148 valence electrons. The number of carbonyl (C=O) groups is 1. The van der Waals surface area contributed by atoms with Crippen molar-refractivity contribution in [1.82, 2.24) is 0 Å². The normalized spacial score (nSPS) is 18.8. The third kappa shape index (κ3) is 2.09. The van der Waals surface area contributed by atoms with Gasteiger partial charge in [-0.3, -0.25) is 4.79 Å². The second-order valence-electron chi connectivity index (χ2n) is 8.11. The number of aromatic hydroxyl groups is 2. The lowest BCUT2D eigenvalue weighted by atomic mass is 9.74. The zero-order chi connectivity index (χ0) is 20.6. The Morgan fingerprint density at radius 3 is 1.83 bits per heavy atom. The molecule has 0 aromatic heterocycles. The number of hydrogen-bond acceptors (Lipinski definition) is 5. The molecule has 2 aliphatic heterocycles. The van der Waals surface area contributed by atoms with Crippen molar-refractivity contribution in [1.29, 1.82) is 0 Å². The smallest absolute Gasteiger partial charge is 0.307 e. The summed E-state index contributed by atoms with van der Waals surface area (Å²) < 4.78 is 12.6. The quantitative estimate of drug-likeness (QED) is 0.391. The largest absolute Gasteiger partial charge is 0.508 e. The van der Waals surface area contributed by atoms with Crippen LogP contribution in [0.4, 0.5) is 0 Å². The molecule has 0 bridgehead atoms. The summed E-state index contributed by atoms with van der Waals surface area (Å²) in [6, 6.07) is 18.0. The first-order valence-corrected chi connectivity index (χ1v) is 9.89. The van der Waals surface area contributed by atoms with Crippen LogP contribution in [0, 0.1) is 5.92 Å². The van der Waals surface area contributed by atoms with E-state index in [0.717, 1.165) is 32.7 Å². The fourth-order valence-corrected chi connectivity index (χ4v) is 4.99. The van der Waals surface area contributed by atoms with Crippen LogP contribution in [0.2, 0.25) is 0 Å². The van der Waals surface area contributed by atoms with E-state index in [0.29, 0.717) is 17.9 Å². The number of phenolic OH excluding ortho intramolecular Hbond substituents is 2. The van der Waals surface area contributed by atoms with E-state index in [4.69, 9.17) is 9.47 Å². The van der Waals surface area contributed by atoms with Crippen LogP contribution in [-0.2, 0) is 15.1 Å². The number of hydrogen-bond donors (Lipinski definition) is 2. The first kappa shape index (κ1) is 17.2. The van der Waals surface area contributed by atoms with E-state index in [-0.39, 0.29) is 23.4 Å². The van der Waals surface area contributed by atoms with Gasteiger partial charge in [0.05, 0.1) is 6.42 Å². The van der Waals surface area contributed by atoms with Crippen molar-refractivity contribution < 1.29 is 24.5 Å². The first-order chi connectivity index (χ1) is 14.5. The lowest BCUT2D eigenvalue weighted by molar-refractivity contribution is -0.147. The second-order valence-corrected chi connectivity index (χ2v) is 8.11. The molecule has 4 aromatic rings. The maximum Gasteiger partial charge on any atom is 0.307 e. The SMILES string of the molecule is CC1CC(=O)OC12c1ccc3cc(O)ccc3c1Oc1c2ccc2cc(O)ccc12. The van der Waals surface area contributed by atoms with Crippen LogP contribution >= 0.6 is 0 Å². The fraction of sp³-hybridized carbons (Fsp3) is 0.160. The Kier molecular flexibility index (Phi) is 3.24. The first-order valence-electron chi connectivity index (χ1n) is 9.89. The molecule has 0 radical (unpaired) electrons. The molecule has 5 heteroatoms. The molecule has 1 unspecified atom stereocenters. The summed E-state index contributed by atoms with van der Waals surface area (Å²) in [5.41, 5.74) is 0.673. The van der Waals surface area contributed by atoms with Crippen molar-refractivity contribution in [2.45, 2.75) is 18.9 Å². The van der Waals surface area contributed by atoms with Gasteiger partial charge in [0, 0.05) is 27.8 Å². The van der Waals surface area contributed by atoms with E-state index in [2.05, 4.69) is 0 Å². The summed E-state index contributed by atoms with van der Waals surface area (Å²) in [6.07, 6.45) is 0.320. The van der Waals surface area contributed by atoms with Crippen molar-refractivity contribution in [2.75, 3.05) is 0 Å². The molecule has 4 aromatic carbocycles. The van der Waals surface area contributed by atoms with Gasteiger partial charge in [0.2, 0.25) is 0 Å². The van der Waals surface area contributed by atoms with Gasteiger partial charge in [0.1, 0.15) is 23.0 Å². The summed E-state index contributed by atoms with van der Waals surface area (Å²) in [7, 11) is 0. The minimum Gasteiger partial charge on any atom is -0.508 e. The average molecular weight is 398 g/mol. The molecule has 6 rings (SSSR count). The van der Waals surface area contributed by atoms with Crippen LogP contribution in [0.3, 0.4) is 0 Å². The predicted octanol–water partition coefficient (Wildman–Crippen LogP) is 5.34. The maximum absolute atomic E-state index is 12.4. The van der Waals surface area contributed by atoms with E-state index in [1.807, 2.05) is 43.3 Å². The lowest BCUT2D eigenvalue weighted by Gasteiger charge is -2.39. The van der Waals surface area contributed by atoms with E-state index >= 15 is 0 Å². The monoisotopic (exact) mass is 398 g/mol. The van der Waals surface area contributed by atoms with E-state index in [9.17, 15) is 15.0 Å². The summed E-state index contributed by atoms with van der Waals surface area (Å²) in [5.74, 6) is 1.28. The molecule has 1 fully saturated rings. The van der Waals surface area contributed by atoms with Crippen LogP contribution in [0.25, 0.3) is 21.5 Å². The van der Waals surface area contributed by atoms with Gasteiger partial charge < -0.3 is 19.7 Å². The molecule has 1 saturated heterocycles. The van der Waals surface area contributed by atoms with Gasteiger partial charge in [-0.25, -0.2) is 0 Å². The van der Waals surface area contributed by atoms with Gasteiger partial charge in [-0.15, -0.1) is 0 Å². The number of esters is 1. The van der Waals surface area contributed by atoms with Gasteiger partial charge >= 0.3 is 5.97 Å². The molecular formula is C25H18O5. The Balaban J connectivity index is 1.74. The third-order valence-corrected chi connectivity index (χ3v) is 6.35. The van der Waals surface area contributed by atoms with Gasteiger partial charge in [0.25, 0.3) is 0 Å². The number of phenols is 2. The Morgan fingerprint density at radius 2 is 1.37 bits per heavy atom. The lowest BCUT2D eigenvalue weighted by Crippen LogP contribution is -2.36. The molecule has 2 aliphatic rings. The molecule has 0 amide bonds. The van der Waals surface area contributed by atoms with Gasteiger partial charge in [0.15, 0.2) is 5.60 Å². The van der Waals surface area contributed by atoms with Crippen molar-refractivity contribution in [2.24, 2.45) is 5.92 Å². The van der Waals surface area contributed by atoms with E-state index in [1.54, 1.807) is 24.3 Å². The highest BCUT2D eigenvalue weighted by Crippen LogP contribution is 2.59. The average Bonchev–Trinajstić information content (AvgIpc) is 3.01. The number of ether oxygens (including phenoxy) is 2. The van der Waals surface area contributed by atoms with Crippen LogP contribution in [0.5, 0.6) is 23.0 Å². The summed E-state index contributed by atoms with van der Waals surface area (Å²) in [6.45, 7) is 2.02. The number of benzene rings is 4. The van der Waals surface area contributed by atoms with Crippen LogP contribution in [0.1, 0.15) is 24.5 Å². The van der Waals surface area contributed by atoms with Gasteiger partial charge in [-0.05, 0) is 47.2 Å². The fourth-order valence-electron chi connectivity index (χ4n) is 4.99. The topological polar surface area (TPSA) is 76.0 Å². The zero-order valence-corrected chi connectivity index (χ0v) is 16.2. The summed E-state index contributed by atoms with van der Waals surface area (Å²) in [4.78, 5) is 12.4. The minimum atomic E-state index is -0.946. The standard InChI is InChI=1S/C25H18O5/c1-13-10-22(28)30-25(13)20-8-2-14-11-16(26)4-6-18(14)23(20)29-24-19-7-5-17(27)12-15(19)3-9-21(24)25/h2-9,11-13,26-27H,10H2,1H3. The number of carbonyl (C=O) groups excluding carboxylic acids is 1. The Morgan fingerprint density at radius 1 is 0.833 bits per heavy atom. The molecule has 0 saturated carbocycles. The minimum absolute atomic E-state index is 0.0875. The second kappa shape index (κ2) is 5.66. The number of rotatable bonds is 0. The molecule has 0 aliphatic carbocycles. The molecule has 30 heavy (non-hydrogen) atoms. The molecule has 2 N–H and O–H groups in total. The Labute approximate surface area is 172 Å². The summed E-state index contributed by atoms with van der Waals surface area (Å²) in [5, 5.41) is 23.2. The van der Waals surface area contributed by atoms with Crippen molar-refractivity contribution >= 4 is 27.5 Å². The van der Waals surface area contributed by atoms with Crippen molar-refractivity contribution in [3.05, 3.63) is 71.8 Å². The molecule has 1 atom stereocenters. The van der Waals surface area contributed by atoms with Gasteiger partial charge in [-0.1, -0.05) is 31.2 Å². The van der Waals surface area contributed by atoms with Crippen LogP contribution in [0.15, 0.2) is 60.7 Å². The van der Waals surface area contributed by atoms with Gasteiger partial charge in [-0.2, -0.15) is 0 Å². The van der Waals surface area contributed by atoms with E-state index < -0.39 is 5.60 Å². The Hall–Kier alpha value is -3.73. The predicted molar refractivity (Wildman–Crippen MR) is 112 cm³/mol. The molecule has 2 heterocycles. The maximum atomic E-state index is 12.4.